The second-order valence-corrected chi connectivity index (χ2v) is 4.42. The fraction of sp³-hybridized carbons (Fsp3) is 0.600. The predicted molar refractivity (Wildman–Crippen MR) is 57.5 cm³/mol. The van der Waals surface area contributed by atoms with E-state index in [1.54, 1.807) is 6.20 Å². The summed E-state index contributed by atoms with van der Waals surface area (Å²) in [6.45, 7) is 0. The number of hydrogen-bond donors (Lipinski definition) is 1. The quantitative estimate of drug-likeness (QED) is 0.833. The van der Waals surface area contributed by atoms with Crippen LogP contribution in [0, 0.1) is 11.3 Å². The van der Waals surface area contributed by atoms with E-state index >= 15 is 0 Å². The third-order valence-electron chi connectivity index (χ3n) is 3.13. The first kappa shape index (κ1) is 10.5. The molecule has 0 radical (unpaired) electrons. The number of halogens is 1. The van der Waals surface area contributed by atoms with E-state index in [0.717, 1.165) is 19.3 Å². The highest BCUT2D eigenvalue weighted by molar-refractivity contribution is 6.30. The lowest BCUT2D eigenvalue weighted by molar-refractivity contribution is 0.410. The van der Waals surface area contributed by atoms with E-state index < -0.39 is 0 Å². The van der Waals surface area contributed by atoms with Gasteiger partial charge in [0.25, 0.3) is 0 Å². The molecule has 0 bridgehead atoms. The van der Waals surface area contributed by atoms with Crippen molar-refractivity contribution in [3.05, 3.63) is 17.4 Å². The molecule has 80 valence electrons. The normalized spacial score (nSPS) is 30.3. The van der Waals surface area contributed by atoms with Crippen molar-refractivity contribution >= 4 is 11.6 Å². The number of nitrogens with zero attached hydrogens (tertiary/aromatic N) is 3. The average Bonchev–Trinajstić information content (AvgIpc) is 2.84. The molecule has 0 amide bonds. The van der Waals surface area contributed by atoms with Gasteiger partial charge in [0.1, 0.15) is 5.54 Å². The second kappa shape index (κ2) is 3.84. The van der Waals surface area contributed by atoms with Gasteiger partial charge in [-0.1, -0.05) is 11.6 Å². The third kappa shape index (κ3) is 1.85. The molecule has 5 heteroatoms. The van der Waals surface area contributed by atoms with Gasteiger partial charge in [-0.2, -0.15) is 10.4 Å². The highest BCUT2D eigenvalue weighted by Crippen LogP contribution is 2.37. The van der Waals surface area contributed by atoms with Crippen LogP contribution in [0.2, 0.25) is 5.02 Å². The van der Waals surface area contributed by atoms with Crippen LogP contribution in [0.1, 0.15) is 25.3 Å². The smallest absolute Gasteiger partial charge is 0.108 e. The van der Waals surface area contributed by atoms with Gasteiger partial charge in [-0.15, -0.1) is 0 Å². The van der Waals surface area contributed by atoms with E-state index in [9.17, 15) is 0 Å². The summed E-state index contributed by atoms with van der Waals surface area (Å²) in [6.07, 6.45) is 6.06. The maximum absolute atomic E-state index is 9.12. The minimum absolute atomic E-state index is 0.282. The van der Waals surface area contributed by atoms with Crippen molar-refractivity contribution in [3.63, 3.8) is 0 Å². The Balaban J connectivity index is 2.14. The highest BCUT2D eigenvalue weighted by atomic mass is 35.5. The van der Waals surface area contributed by atoms with Gasteiger partial charge in [-0.05, 0) is 19.9 Å². The van der Waals surface area contributed by atoms with Crippen molar-refractivity contribution in [3.8, 4) is 6.07 Å². The maximum Gasteiger partial charge on any atom is 0.108 e. The van der Waals surface area contributed by atoms with Gasteiger partial charge in [0.15, 0.2) is 0 Å². The largest absolute Gasteiger partial charge is 0.302 e. The van der Waals surface area contributed by atoms with Crippen molar-refractivity contribution in [1.82, 2.24) is 15.1 Å². The van der Waals surface area contributed by atoms with Crippen LogP contribution < -0.4 is 5.32 Å². The molecule has 1 aliphatic rings. The van der Waals surface area contributed by atoms with Crippen molar-refractivity contribution in [2.75, 3.05) is 7.05 Å². The van der Waals surface area contributed by atoms with E-state index in [2.05, 4.69) is 16.5 Å². The zero-order valence-electron chi connectivity index (χ0n) is 8.57. The van der Waals surface area contributed by atoms with Crippen LogP contribution in [0.3, 0.4) is 0 Å². The molecule has 1 fully saturated rings. The Morgan fingerprint density at radius 1 is 1.80 bits per heavy atom. The molecule has 1 aromatic heterocycles. The Morgan fingerprint density at radius 3 is 3.07 bits per heavy atom. The summed E-state index contributed by atoms with van der Waals surface area (Å²) in [5, 5.41) is 17.0. The molecule has 2 atom stereocenters. The Bertz CT molecular complexity index is 394. The Labute approximate surface area is 93.8 Å². The Hall–Kier alpha value is -1.05. The molecule has 2 unspecified atom stereocenters. The molecule has 0 spiro atoms. The summed E-state index contributed by atoms with van der Waals surface area (Å²) in [5.41, 5.74) is -0.386. The van der Waals surface area contributed by atoms with Gasteiger partial charge in [0.2, 0.25) is 0 Å². The van der Waals surface area contributed by atoms with E-state index in [-0.39, 0.29) is 11.6 Å². The van der Waals surface area contributed by atoms with Crippen molar-refractivity contribution < 1.29 is 0 Å². The van der Waals surface area contributed by atoms with Gasteiger partial charge in [-0.25, -0.2) is 0 Å². The summed E-state index contributed by atoms with van der Waals surface area (Å²) in [5.74, 6) is 0. The van der Waals surface area contributed by atoms with Crippen LogP contribution in [-0.2, 0) is 0 Å². The first-order valence-electron chi connectivity index (χ1n) is 4.99. The zero-order valence-corrected chi connectivity index (χ0v) is 9.33. The molecule has 15 heavy (non-hydrogen) atoms. The van der Waals surface area contributed by atoms with E-state index in [1.807, 2.05) is 17.9 Å². The van der Waals surface area contributed by atoms with Crippen LogP contribution in [0.25, 0.3) is 0 Å². The minimum Gasteiger partial charge on any atom is -0.302 e. The summed E-state index contributed by atoms with van der Waals surface area (Å²) in [6, 6.07) is 2.63. The highest BCUT2D eigenvalue weighted by Gasteiger charge is 2.39. The molecule has 0 saturated heterocycles. The monoisotopic (exact) mass is 224 g/mol. The summed E-state index contributed by atoms with van der Waals surface area (Å²) >= 11 is 5.81. The molecule has 4 nitrogen and oxygen atoms in total. The second-order valence-electron chi connectivity index (χ2n) is 3.98. The standard InChI is InChI=1S/C10H13ClN4/c1-13-10(7-12)3-2-9(4-10)15-6-8(11)5-14-15/h5-6,9,13H,2-4H2,1H3. The molecule has 1 aliphatic carbocycles. The van der Waals surface area contributed by atoms with E-state index in [4.69, 9.17) is 16.9 Å². The zero-order chi connectivity index (χ0) is 10.9. The van der Waals surface area contributed by atoms with Gasteiger partial charge in [-0.3, -0.25) is 4.68 Å². The lowest BCUT2D eigenvalue weighted by Crippen LogP contribution is -2.38. The average molecular weight is 225 g/mol. The van der Waals surface area contributed by atoms with Gasteiger partial charge >= 0.3 is 0 Å². The van der Waals surface area contributed by atoms with Crippen LogP contribution in [0.4, 0.5) is 0 Å². The van der Waals surface area contributed by atoms with Gasteiger partial charge in [0.05, 0.1) is 23.3 Å². The van der Waals surface area contributed by atoms with Crippen molar-refractivity contribution in [2.24, 2.45) is 0 Å². The van der Waals surface area contributed by atoms with E-state index in [0.29, 0.717) is 5.02 Å². The number of rotatable bonds is 2. The number of nitrogens with one attached hydrogen (secondary N) is 1. The van der Waals surface area contributed by atoms with Crippen molar-refractivity contribution in [2.45, 2.75) is 30.8 Å². The first-order valence-corrected chi connectivity index (χ1v) is 5.37. The summed E-state index contributed by atoms with van der Waals surface area (Å²) in [7, 11) is 1.83. The number of hydrogen-bond acceptors (Lipinski definition) is 3. The van der Waals surface area contributed by atoms with Crippen molar-refractivity contribution in [1.29, 1.82) is 5.26 Å². The molecular formula is C10H13ClN4. The minimum atomic E-state index is -0.386. The SMILES string of the molecule is CNC1(C#N)CCC(n2cc(Cl)cn2)C1. The van der Waals surface area contributed by atoms with Gasteiger partial charge < -0.3 is 5.32 Å². The molecule has 0 aliphatic heterocycles. The Morgan fingerprint density at radius 2 is 2.60 bits per heavy atom. The predicted octanol–water partition coefficient (Wildman–Crippen LogP) is 1.74. The molecule has 2 rings (SSSR count). The number of nitriles is 1. The fourth-order valence-corrected chi connectivity index (χ4v) is 2.29. The molecule has 0 aromatic carbocycles. The maximum atomic E-state index is 9.12. The Kier molecular flexibility index (Phi) is 2.68. The van der Waals surface area contributed by atoms with Crippen LogP contribution in [-0.4, -0.2) is 22.4 Å². The first-order chi connectivity index (χ1) is 7.19. The lowest BCUT2D eigenvalue weighted by Gasteiger charge is -2.19. The van der Waals surface area contributed by atoms with Crippen LogP contribution in [0.15, 0.2) is 12.4 Å². The summed E-state index contributed by atoms with van der Waals surface area (Å²) < 4.78 is 1.86. The third-order valence-corrected chi connectivity index (χ3v) is 3.32. The van der Waals surface area contributed by atoms with Gasteiger partial charge in [0, 0.05) is 12.6 Å². The molecule has 1 aromatic rings. The summed E-state index contributed by atoms with van der Waals surface area (Å²) in [4.78, 5) is 0. The fourth-order valence-electron chi connectivity index (χ4n) is 2.14. The molecular weight excluding hydrogens is 212 g/mol. The lowest BCUT2D eigenvalue weighted by atomic mass is 10.0. The number of aromatic nitrogens is 2. The topological polar surface area (TPSA) is 53.6 Å². The van der Waals surface area contributed by atoms with E-state index in [1.165, 1.54) is 0 Å². The van der Waals surface area contributed by atoms with Crippen LogP contribution in [0.5, 0.6) is 0 Å². The van der Waals surface area contributed by atoms with Crippen LogP contribution >= 0.6 is 11.6 Å². The molecule has 1 saturated carbocycles. The molecule has 1 heterocycles. The molecule has 1 N–H and O–H groups in total.